The number of pyridine rings is 1. The minimum Gasteiger partial charge on any atom is -0.505 e. The zero-order chi connectivity index (χ0) is 23.3. The number of aromatic hydroxyl groups is 1. The van der Waals surface area contributed by atoms with Gasteiger partial charge in [0, 0.05) is 21.8 Å². The maximum absolute atomic E-state index is 12.7. The first-order valence-corrected chi connectivity index (χ1v) is 10.4. The van der Waals surface area contributed by atoms with Gasteiger partial charge in [0.1, 0.15) is 17.6 Å². The van der Waals surface area contributed by atoms with E-state index in [4.69, 9.17) is 27.9 Å². The van der Waals surface area contributed by atoms with Crippen LogP contribution in [0.1, 0.15) is 35.5 Å². The van der Waals surface area contributed by atoms with Crippen molar-refractivity contribution in [3.05, 3.63) is 99.5 Å². The van der Waals surface area contributed by atoms with Crippen LogP contribution < -0.4 is 5.32 Å². The molecule has 3 aromatic rings. The number of ether oxygens (including phenoxy) is 1. The van der Waals surface area contributed by atoms with Crippen molar-refractivity contribution in [2.24, 2.45) is 0 Å². The van der Waals surface area contributed by atoms with Crippen molar-refractivity contribution in [3.63, 3.8) is 0 Å². The first-order valence-electron chi connectivity index (χ1n) is 9.65. The van der Waals surface area contributed by atoms with Gasteiger partial charge in [-0.3, -0.25) is 4.79 Å². The first kappa shape index (κ1) is 23.3. The molecule has 0 fully saturated rings. The van der Waals surface area contributed by atoms with Crippen LogP contribution in [0, 0.1) is 0 Å². The van der Waals surface area contributed by atoms with Gasteiger partial charge < -0.3 is 15.2 Å². The van der Waals surface area contributed by atoms with Gasteiger partial charge in [-0.1, -0.05) is 47.5 Å². The summed E-state index contributed by atoms with van der Waals surface area (Å²) in [7, 11) is 0. The molecule has 32 heavy (non-hydrogen) atoms. The van der Waals surface area contributed by atoms with Gasteiger partial charge in [-0.15, -0.1) is 0 Å². The Morgan fingerprint density at radius 3 is 2.00 bits per heavy atom. The molecule has 0 unspecified atom stereocenters. The molecule has 0 spiro atoms. The Balaban J connectivity index is 1.85. The summed E-state index contributed by atoms with van der Waals surface area (Å²) >= 11 is 12.0. The number of carbonyl (C=O) groups is 2. The Bertz CT molecular complexity index is 1110. The minimum absolute atomic E-state index is 0.178. The van der Waals surface area contributed by atoms with Crippen LogP contribution in [0.3, 0.4) is 0 Å². The number of esters is 1. The number of amides is 1. The molecular weight excluding hydrogens is 451 g/mol. The normalized spacial score (nSPS) is 11.4. The molecule has 2 N–H and O–H groups in total. The van der Waals surface area contributed by atoms with E-state index < -0.39 is 17.9 Å². The average Bonchev–Trinajstić information content (AvgIpc) is 2.76. The molecule has 6 nitrogen and oxygen atoms in total. The highest BCUT2D eigenvalue weighted by Crippen LogP contribution is 2.29. The monoisotopic (exact) mass is 470 g/mol. The van der Waals surface area contributed by atoms with Crippen molar-refractivity contribution in [1.29, 1.82) is 0 Å². The zero-order valence-electron chi connectivity index (χ0n) is 17.3. The molecule has 0 saturated heterocycles. The molecule has 164 valence electrons. The topological polar surface area (TPSA) is 88.5 Å². The molecule has 1 atom stereocenters. The van der Waals surface area contributed by atoms with Crippen LogP contribution in [0.5, 0.6) is 5.75 Å². The lowest BCUT2D eigenvalue weighted by Gasteiger charge is -2.17. The third kappa shape index (κ3) is 5.66. The summed E-state index contributed by atoms with van der Waals surface area (Å²) in [6, 6.07) is 16.1. The summed E-state index contributed by atoms with van der Waals surface area (Å²) in [5.74, 6) is -1.31. The van der Waals surface area contributed by atoms with Crippen LogP contribution in [0.4, 0.5) is 0 Å². The first-order chi connectivity index (χ1) is 15.3. The molecule has 2 aromatic carbocycles. The van der Waals surface area contributed by atoms with Crippen molar-refractivity contribution in [2.45, 2.75) is 19.9 Å². The van der Waals surface area contributed by atoms with E-state index in [-0.39, 0.29) is 11.4 Å². The Kier molecular flexibility index (Phi) is 7.51. The van der Waals surface area contributed by atoms with Gasteiger partial charge in [0.25, 0.3) is 5.91 Å². The molecule has 3 rings (SSSR count). The summed E-state index contributed by atoms with van der Waals surface area (Å²) in [6.45, 7) is 3.15. The van der Waals surface area contributed by atoms with E-state index in [1.165, 1.54) is 25.3 Å². The van der Waals surface area contributed by atoms with E-state index in [1.54, 1.807) is 31.2 Å². The molecule has 8 heteroatoms. The van der Waals surface area contributed by atoms with E-state index in [9.17, 15) is 14.7 Å². The van der Waals surface area contributed by atoms with Crippen LogP contribution in [0.25, 0.3) is 5.57 Å². The summed E-state index contributed by atoms with van der Waals surface area (Å²) in [6.07, 6.45) is 1.37. The van der Waals surface area contributed by atoms with Crippen LogP contribution in [-0.4, -0.2) is 28.0 Å². The molecule has 1 heterocycles. The Morgan fingerprint density at radius 2 is 1.50 bits per heavy atom. The fourth-order valence-corrected chi connectivity index (χ4v) is 3.24. The fourth-order valence-electron chi connectivity index (χ4n) is 2.99. The van der Waals surface area contributed by atoms with Crippen LogP contribution in [-0.2, 0) is 9.53 Å². The van der Waals surface area contributed by atoms with E-state index in [0.717, 1.165) is 11.1 Å². The standard InChI is InChI=1S/C24H20Cl2N2O4/c1-14(28-23(30)22-20(29)4-3-13-27-22)24(31)32-15(2)21(16-5-9-18(25)10-6-16)17-7-11-19(26)12-8-17/h3-14,29H,1-2H3,(H,28,30)/t14-/m0/s1. The van der Waals surface area contributed by atoms with E-state index >= 15 is 0 Å². The Hall–Kier alpha value is -3.35. The van der Waals surface area contributed by atoms with E-state index in [1.807, 2.05) is 24.3 Å². The second-order valence-electron chi connectivity index (χ2n) is 6.93. The number of aromatic nitrogens is 1. The largest absolute Gasteiger partial charge is 0.505 e. The summed E-state index contributed by atoms with van der Waals surface area (Å²) in [5, 5.41) is 13.4. The third-order valence-electron chi connectivity index (χ3n) is 4.57. The van der Waals surface area contributed by atoms with Gasteiger partial charge in [0.2, 0.25) is 0 Å². The molecule has 0 saturated carbocycles. The molecule has 0 bridgehead atoms. The SMILES string of the molecule is CC(OC(=O)[C@H](C)NC(=O)c1ncccc1O)=C(c1ccc(Cl)cc1)c1ccc(Cl)cc1. The lowest BCUT2D eigenvalue weighted by atomic mass is 9.97. The maximum Gasteiger partial charge on any atom is 0.333 e. The Labute approximate surface area is 195 Å². The second kappa shape index (κ2) is 10.3. The Morgan fingerprint density at radius 1 is 0.969 bits per heavy atom. The van der Waals surface area contributed by atoms with Crippen molar-refractivity contribution in [1.82, 2.24) is 10.3 Å². The zero-order valence-corrected chi connectivity index (χ0v) is 18.8. The lowest BCUT2D eigenvalue weighted by molar-refractivity contribution is -0.141. The number of nitrogens with zero attached hydrogens (tertiary/aromatic N) is 1. The van der Waals surface area contributed by atoms with Gasteiger partial charge in [-0.2, -0.15) is 0 Å². The third-order valence-corrected chi connectivity index (χ3v) is 5.08. The number of allylic oxidation sites excluding steroid dienone is 1. The molecule has 1 aromatic heterocycles. The van der Waals surface area contributed by atoms with Crippen molar-refractivity contribution in [3.8, 4) is 5.75 Å². The summed E-state index contributed by atoms with van der Waals surface area (Å²) < 4.78 is 5.59. The minimum atomic E-state index is -0.990. The molecule has 0 aliphatic rings. The lowest BCUT2D eigenvalue weighted by Crippen LogP contribution is -2.39. The van der Waals surface area contributed by atoms with Gasteiger partial charge in [-0.25, -0.2) is 9.78 Å². The van der Waals surface area contributed by atoms with Gasteiger partial charge in [-0.05, 0) is 61.4 Å². The summed E-state index contributed by atoms with van der Waals surface area (Å²) in [4.78, 5) is 28.8. The number of benzene rings is 2. The van der Waals surface area contributed by atoms with Gasteiger partial charge in [0.15, 0.2) is 5.69 Å². The fraction of sp³-hybridized carbons (Fsp3) is 0.125. The molecule has 0 radical (unpaired) electrons. The average molecular weight is 471 g/mol. The van der Waals surface area contributed by atoms with Gasteiger partial charge >= 0.3 is 5.97 Å². The van der Waals surface area contributed by atoms with E-state index in [0.29, 0.717) is 21.4 Å². The van der Waals surface area contributed by atoms with Crippen LogP contribution in [0.15, 0.2) is 72.6 Å². The van der Waals surface area contributed by atoms with Crippen LogP contribution in [0.2, 0.25) is 10.0 Å². The molecule has 0 aliphatic carbocycles. The van der Waals surface area contributed by atoms with Crippen LogP contribution >= 0.6 is 23.2 Å². The predicted octanol–water partition coefficient (Wildman–Crippen LogP) is 5.24. The quantitative estimate of drug-likeness (QED) is 0.380. The van der Waals surface area contributed by atoms with Crippen molar-refractivity contribution < 1.29 is 19.4 Å². The highest BCUT2D eigenvalue weighted by Gasteiger charge is 2.22. The second-order valence-corrected chi connectivity index (χ2v) is 7.81. The molecule has 1 amide bonds. The van der Waals surface area contributed by atoms with Gasteiger partial charge in [0.05, 0.1) is 0 Å². The number of carbonyl (C=O) groups excluding carboxylic acids is 2. The molecular formula is C24H20Cl2N2O4. The predicted molar refractivity (Wildman–Crippen MR) is 124 cm³/mol. The molecule has 0 aliphatic heterocycles. The van der Waals surface area contributed by atoms with Crippen molar-refractivity contribution in [2.75, 3.05) is 0 Å². The van der Waals surface area contributed by atoms with Crippen molar-refractivity contribution >= 4 is 40.7 Å². The highest BCUT2D eigenvalue weighted by atomic mass is 35.5. The number of hydrogen-bond acceptors (Lipinski definition) is 5. The highest BCUT2D eigenvalue weighted by molar-refractivity contribution is 6.31. The number of nitrogens with one attached hydrogen (secondary N) is 1. The maximum atomic E-state index is 12.7. The number of hydrogen-bond donors (Lipinski definition) is 2. The number of halogens is 2. The summed E-state index contributed by atoms with van der Waals surface area (Å²) in [5.41, 5.74) is 2.07. The number of rotatable bonds is 6. The smallest absolute Gasteiger partial charge is 0.333 e. The van der Waals surface area contributed by atoms with E-state index in [2.05, 4.69) is 10.3 Å².